The van der Waals surface area contributed by atoms with Crippen molar-refractivity contribution in [2.45, 2.75) is 45.7 Å². The van der Waals surface area contributed by atoms with Crippen LogP contribution >= 0.6 is 23.5 Å². The van der Waals surface area contributed by atoms with Crippen LogP contribution in [0.15, 0.2) is 58.3 Å². The molecule has 2 aromatic carbocycles. The van der Waals surface area contributed by atoms with Crippen LogP contribution < -0.4 is 4.74 Å². The number of benzene rings is 2. The van der Waals surface area contributed by atoms with Gasteiger partial charge in [-0.05, 0) is 31.2 Å². The lowest BCUT2D eigenvalue weighted by molar-refractivity contribution is -0.0912. The van der Waals surface area contributed by atoms with E-state index in [1.54, 1.807) is 17.8 Å². The third-order valence-electron chi connectivity index (χ3n) is 4.19. The summed E-state index contributed by atoms with van der Waals surface area (Å²) >= 11 is 2.67. The van der Waals surface area contributed by atoms with Crippen LogP contribution in [0.4, 0.5) is 0 Å². The Bertz CT molecular complexity index is 722. The fourth-order valence-corrected chi connectivity index (χ4v) is 4.78. The van der Waals surface area contributed by atoms with E-state index in [-0.39, 0.29) is 6.61 Å². The number of aliphatic hydroxyl groups is 4. The fourth-order valence-electron chi connectivity index (χ4n) is 2.65. The topological polar surface area (TPSA) is 90.2 Å². The molecule has 2 aromatic rings. The maximum atomic E-state index is 10.2. The monoisotopic (exact) mass is 394 g/mol. The van der Waals surface area contributed by atoms with E-state index < -0.39 is 29.0 Å². The lowest BCUT2D eigenvalue weighted by Crippen LogP contribution is -2.55. The van der Waals surface area contributed by atoms with Crippen LogP contribution in [0.25, 0.3) is 0 Å². The Morgan fingerprint density at radius 2 is 1.65 bits per heavy atom. The molecule has 0 aliphatic carbocycles. The fraction of sp³-hybridized carbons (Fsp3) is 0.368. The second-order valence-corrected chi connectivity index (χ2v) is 8.63. The van der Waals surface area contributed by atoms with Gasteiger partial charge in [-0.15, -0.1) is 11.8 Å². The second kappa shape index (κ2) is 8.65. The smallest absolute Gasteiger partial charge is 0.173 e. The maximum absolute atomic E-state index is 10.2. The zero-order valence-corrected chi connectivity index (χ0v) is 15.9. The predicted octanol–water partition coefficient (Wildman–Crippen LogP) is 2.04. The molecule has 0 amide bonds. The molecule has 0 bridgehead atoms. The third kappa shape index (κ3) is 4.36. The number of para-hydroxylation sites is 1. The van der Waals surface area contributed by atoms with E-state index in [0.717, 1.165) is 21.6 Å². The normalized spacial score (nSPS) is 28.7. The van der Waals surface area contributed by atoms with Crippen LogP contribution in [-0.2, 0) is 0 Å². The summed E-state index contributed by atoms with van der Waals surface area (Å²) in [5.41, 5.74) is 0.397. The Balaban J connectivity index is 1.78. The van der Waals surface area contributed by atoms with Crippen LogP contribution in [0.2, 0.25) is 0 Å². The van der Waals surface area contributed by atoms with Gasteiger partial charge in [-0.1, -0.05) is 41.6 Å². The molecule has 26 heavy (non-hydrogen) atoms. The van der Waals surface area contributed by atoms with Crippen molar-refractivity contribution < 1.29 is 25.2 Å². The molecule has 5 nitrogen and oxygen atoms in total. The van der Waals surface area contributed by atoms with E-state index in [4.69, 9.17) is 4.74 Å². The second-order valence-electron chi connectivity index (χ2n) is 6.18. The first-order chi connectivity index (χ1) is 12.5. The van der Waals surface area contributed by atoms with Crippen LogP contribution in [-0.4, -0.2) is 56.0 Å². The minimum atomic E-state index is -1.37. The van der Waals surface area contributed by atoms with Gasteiger partial charge in [-0.2, -0.15) is 0 Å². The predicted molar refractivity (Wildman–Crippen MR) is 103 cm³/mol. The van der Waals surface area contributed by atoms with E-state index >= 15 is 0 Å². The standard InChI is InChI=1S/C19H22O5S2/c1-11-6-8-12(9-7-11)25-14-5-3-2-4-13(14)24-19-18(23)17(22)16(21)15(10-20)26-19/h2-9,15-23H,10H2,1H3/t15-,16-,17+,18-,19?/m1/s1. The van der Waals surface area contributed by atoms with Gasteiger partial charge in [-0.3, -0.25) is 0 Å². The molecule has 0 radical (unpaired) electrons. The Morgan fingerprint density at radius 1 is 0.962 bits per heavy atom. The maximum Gasteiger partial charge on any atom is 0.173 e. The van der Waals surface area contributed by atoms with Gasteiger partial charge in [0, 0.05) is 4.90 Å². The zero-order valence-electron chi connectivity index (χ0n) is 14.2. The highest BCUT2D eigenvalue weighted by molar-refractivity contribution is 8.00. The molecule has 1 unspecified atom stereocenters. The molecule has 5 atom stereocenters. The van der Waals surface area contributed by atoms with Crippen molar-refractivity contribution in [2.75, 3.05) is 6.61 Å². The molecule has 4 N–H and O–H groups in total. The van der Waals surface area contributed by atoms with Crippen LogP contribution in [0, 0.1) is 6.92 Å². The first kappa shape index (κ1) is 19.5. The van der Waals surface area contributed by atoms with E-state index in [1.165, 1.54) is 5.56 Å². The highest BCUT2D eigenvalue weighted by Gasteiger charge is 2.44. The number of hydrogen-bond acceptors (Lipinski definition) is 7. The molecule has 7 heteroatoms. The van der Waals surface area contributed by atoms with Crippen LogP contribution in [0.5, 0.6) is 5.75 Å². The largest absolute Gasteiger partial charge is 0.476 e. The van der Waals surface area contributed by atoms with Gasteiger partial charge in [0.15, 0.2) is 5.44 Å². The molecule has 1 fully saturated rings. The number of ether oxygens (including phenoxy) is 1. The minimum Gasteiger partial charge on any atom is -0.476 e. The summed E-state index contributed by atoms with van der Waals surface area (Å²) < 4.78 is 5.96. The molecule has 3 rings (SSSR count). The van der Waals surface area contributed by atoms with E-state index in [1.807, 2.05) is 49.4 Å². The van der Waals surface area contributed by atoms with Crippen molar-refractivity contribution >= 4 is 23.5 Å². The molecule has 0 saturated carbocycles. The van der Waals surface area contributed by atoms with E-state index in [2.05, 4.69) is 0 Å². The Kier molecular flexibility index (Phi) is 6.50. The van der Waals surface area contributed by atoms with Crippen molar-refractivity contribution in [1.82, 2.24) is 0 Å². The SMILES string of the molecule is Cc1ccc(Sc2ccccc2OC2S[C@H](CO)[C@@H](O)[C@H](O)[C@H]2O)cc1. The Hall–Kier alpha value is -1.22. The van der Waals surface area contributed by atoms with Gasteiger partial charge >= 0.3 is 0 Å². The molecular weight excluding hydrogens is 372 g/mol. The van der Waals surface area contributed by atoms with Gasteiger partial charge in [-0.25, -0.2) is 0 Å². The van der Waals surface area contributed by atoms with Crippen LogP contribution in [0.3, 0.4) is 0 Å². The molecule has 0 spiro atoms. The zero-order chi connectivity index (χ0) is 18.7. The lowest BCUT2D eigenvalue weighted by Gasteiger charge is -2.39. The van der Waals surface area contributed by atoms with Gasteiger partial charge in [0.2, 0.25) is 0 Å². The van der Waals surface area contributed by atoms with Gasteiger partial charge in [0.25, 0.3) is 0 Å². The van der Waals surface area contributed by atoms with Gasteiger partial charge in [0.05, 0.1) is 22.9 Å². The molecule has 1 saturated heterocycles. The first-order valence-corrected chi connectivity index (χ1v) is 10.1. The number of thioether (sulfide) groups is 1. The Morgan fingerprint density at radius 3 is 2.35 bits per heavy atom. The number of aliphatic hydroxyl groups excluding tert-OH is 4. The average Bonchev–Trinajstić information content (AvgIpc) is 2.65. The van der Waals surface area contributed by atoms with E-state index in [0.29, 0.717) is 5.75 Å². The molecule has 1 aliphatic heterocycles. The van der Waals surface area contributed by atoms with E-state index in [9.17, 15) is 20.4 Å². The summed E-state index contributed by atoms with van der Waals surface area (Å²) in [6.45, 7) is 1.72. The lowest BCUT2D eigenvalue weighted by atomic mass is 10.0. The quantitative estimate of drug-likeness (QED) is 0.617. The van der Waals surface area contributed by atoms with Crippen molar-refractivity contribution in [3.05, 3.63) is 54.1 Å². The summed E-state index contributed by atoms with van der Waals surface area (Å²) in [6.07, 6.45) is -3.82. The Labute approximate surface area is 161 Å². The minimum absolute atomic E-state index is 0.310. The number of rotatable bonds is 5. The highest BCUT2D eigenvalue weighted by Crippen LogP contribution is 2.39. The number of hydrogen-bond donors (Lipinski definition) is 4. The third-order valence-corrected chi connectivity index (χ3v) is 6.68. The summed E-state index contributed by atoms with van der Waals surface area (Å²) in [6, 6.07) is 15.6. The summed E-state index contributed by atoms with van der Waals surface area (Å²) in [4.78, 5) is 1.94. The van der Waals surface area contributed by atoms with Crippen molar-refractivity contribution in [3.63, 3.8) is 0 Å². The van der Waals surface area contributed by atoms with Crippen molar-refractivity contribution in [2.24, 2.45) is 0 Å². The molecule has 0 aromatic heterocycles. The average molecular weight is 395 g/mol. The number of aryl methyl sites for hydroxylation is 1. The van der Waals surface area contributed by atoms with Crippen LogP contribution in [0.1, 0.15) is 5.56 Å². The highest BCUT2D eigenvalue weighted by atomic mass is 32.2. The van der Waals surface area contributed by atoms with Gasteiger partial charge in [0.1, 0.15) is 18.0 Å². The molecular formula is C19H22O5S2. The summed E-state index contributed by atoms with van der Waals surface area (Å²) in [5.74, 6) is 0.579. The first-order valence-electron chi connectivity index (χ1n) is 8.30. The summed E-state index contributed by atoms with van der Waals surface area (Å²) in [7, 11) is 0. The van der Waals surface area contributed by atoms with Crippen molar-refractivity contribution in [1.29, 1.82) is 0 Å². The van der Waals surface area contributed by atoms with Crippen molar-refractivity contribution in [3.8, 4) is 5.75 Å². The molecule has 1 aliphatic rings. The molecule has 140 valence electrons. The summed E-state index contributed by atoms with van der Waals surface area (Å²) in [5, 5.41) is 39.0. The molecule has 1 heterocycles. The van der Waals surface area contributed by atoms with Gasteiger partial charge < -0.3 is 25.2 Å².